The Bertz CT molecular complexity index is 622. The van der Waals surface area contributed by atoms with E-state index in [-0.39, 0.29) is 24.8 Å². The van der Waals surface area contributed by atoms with Gasteiger partial charge in [-0.3, -0.25) is 9.59 Å². The maximum absolute atomic E-state index is 12.0. The maximum atomic E-state index is 12.0. The minimum atomic E-state index is -0.950. The third kappa shape index (κ3) is 14.2. The monoisotopic (exact) mass is 504 g/mol. The number of aliphatic hydroxyl groups is 1. The van der Waals surface area contributed by atoms with Crippen LogP contribution in [0.4, 0.5) is 0 Å². The van der Waals surface area contributed by atoms with E-state index in [0.717, 1.165) is 3.58 Å². The number of methoxy groups -OCH3 is 1. The Morgan fingerprint density at radius 3 is 2.46 bits per heavy atom. The topological polar surface area (TPSA) is 105 Å². The van der Waals surface area contributed by atoms with Crippen molar-refractivity contribution in [1.29, 1.82) is 0 Å². The zero-order valence-corrected chi connectivity index (χ0v) is 18.6. The minimum absolute atomic E-state index is 0.0331. The number of halogens is 1. The Balaban J connectivity index is 4.04. The number of amides is 2. The lowest BCUT2D eigenvalue weighted by molar-refractivity contribution is -0.134. The second-order valence-electron chi connectivity index (χ2n) is 5.93. The standard InChI is InChI=1S/C20H29IN2O5/c1-15(21)11-12-18(25)23-14-17(24)16(2)20(27)22-13-9-7-5-4-6-8-10-19(26)28-3/h4-8,10-11,16-17,24H,9,12-14H2,1-3H3,(H,22,27)(H,23,25)/b6-4+,7-5+,10-8+,15-11+/t16-,17-/m0/s1. The van der Waals surface area contributed by atoms with E-state index in [4.69, 9.17) is 0 Å². The van der Waals surface area contributed by atoms with Crippen LogP contribution in [-0.4, -0.2) is 49.2 Å². The van der Waals surface area contributed by atoms with Gasteiger partial charge in [0.25, 0.3) is 0 Å². The molecule has 0 bridgehead atoms. The molecule has 0 heterocycles. The lowest BCUT2D eigenvalue weighted by atomic mass is 10.0. The summed E-state index contributed by atoms with van der Waals surface area (Å²) in [5, 5.41) is 15.4. The van der Waals surface area contributed by atoms with E-state index in [1.54, 1.807) is 37.3 Å². The average molecular weight is 504 g/mol. The molecule has 0 aliphatic rings. The summed E-state index contributed by atoms with van der Waals surface area (Å²) in [5.74, 6) is -1.51. The molecule has 0 aromatic carbocycles. The molecule has 8 heteroatoms. The number of allylic oxidation sites excluding steroid dienone is 5. The molecule has 0 saturated carbocycles. The van der Waals surface area contributed by atoms with E-state index in [1.165, 1.54) is 13.2 Å². The second-order valence-corrected chi connectivity index (χ2v) is 7.63. The fourth-order valence-electron chi connectivity index (χ4n) is 1.82. The normalized spacial score (nSPS) is 14.4. The van der Waals surface area contributed by atoms with Crippen molar-refractivity contribution < 1.29 is 24.2 Å². The first-order valence-electron chi connectivity index (χ1n) is 8.90. The summed E-state index contributed by atoms with van der Waals surface area (Å²) in [5.41, 5.74) is 0. The molecular weight excluding hydrogens is 475 g/mol. The Morgan fingerprint density at radius 1 is 1.14 bits per heavy atom. The first-order valence-corrected chi connectivity index (χ1v) is 9.98. The molecule has 0 unspecified atom stereocenters. The first kappa shape index (κ1) is 26.1. The van der Waals surface area contributed by atoms with E-state index in [0.29, 0.717) is 13.0 Å². The summed E-state index contributed by atoms with van der Waals surface area (Å²) in [6, 6.07) is 0. The molecule has 3 N–H and O–H groups in total. The van der Waals surface area contributed by atoms with E-state index in [9.17, 15) is 19.5 Å². The first-order chi connectivity index (χ1) is 13.3. The quantitative estimate of drug-likeness (QED) is 0.124. The van der Waals surface area contributed by atoms with Crippen LogP contribution in [0, 0.1) is 5.92 Å². The molecule has 0 aliphatic carbocycles. The van der Waals surface area contributed by atoms with Gasteiger partial charge in [-0.2, -0.15) is 0 Å². The van der Waals surface area contributed by atoms with Crippen LogP contribution in [-0.2, 0) is 19.1 Å². The van der Waals surface area contributed by atoms with Crippen LogP contribution in [0.15, 0.2) is 46.1 Å². The molecule has 0 saturated heterocycles. The number of hydrogen-bond acceptors (Lipinski definition) is 5. The summed E-state index contributed by atoms with van der Waals surface area (Å²) >= 11 is 2.12. The number of ether oxygens (including phenoxy) is 1. The molecule has 0 aromatic heterocycles. The summed E-state index contributed by atoms with van der Waals surface area (Å²) in [7, 11) is 1.31. The van der Waals surface area contributed by atoms with Crippen molar-refractivity contribution in [3.05, 3.63) is 46.1 Å². The van der Waals surface area contributed by atoms with Crippen LogP contribution in [0.25, 0.3) is 0 Å². The highest BCUT2D eigenvalue weighted by atomic mass is 127. The molecule has 0 aliphatic heterocycles. The van der Waals surface area contributed by atoms with Crippen LogP contribution in [0.1, 0.15) is 26.7 Å². The summed E-state index contributed by atoms with van der Waals surface area (Å²) < 4.78 is 5.47. The average Bonchev–Trinajstić information content (AvgIpc) is 2.67. The van der Waals surface area contributed by atoms with Gasteiger partial charge in [0.05, 0.1) is 19.1 Å². The molecule has 2 atom stereocenters. The molecule has 0 fully saturated rings. The fourth-order valence-corrected chi connectivity index (χ4v) is 2.04. The van der Waals surface area contributed by atoms with E-state index >= 15 is 0 Å². The number of carbonyl (C=O) groups excluding carboxylic acids is 3. The predicted octanol–water partition coefficient (Wildman–Crippen LogP) is 2.18. The molecule has 28 heavy (non-hydrogen) atoms. The highest BCUT2D eigenvalue weighted by molar-refractivity contribution is 14.1. The van der Waals surface area contributed by atoms with Crippen molar-refractivity contribution in [2.45, 2.75) is 32.8 Å². The van der Waals surface area contributed by atoms with Crippen molar-refractivity contribution in [2.24, 2.45) is 5.92 Å². The number of aliphatic hydroxyl groups excluding tert-OH is 1. The SMILES string of the molecule is COC(=O)/C=C/C=C/C=C/CCNC(=O)[C@@H](C)[C@@H](O)CNC(=O)C/C=C(\C)I. The molecule has 0 rings (SSSR count). The van der Waals surface area contributed by atoms with Crippen molar-refractivity contribution in [3.63, 3.8) is 0 Å². The summed E-state index contributed by atoms with van der Waals surface area (Å²) in [6.45, 7) is 3.98. The second kappa shape index (κ2) is 16.1. The van der Waals surface area contributed by atoms with Gasteiger partial charge < -0.3 is 20.5 Å². The molecule has 2 amide bonds. The molecular formula is C20H29IN2O5. The van der Waals surface area contributed by atoms with Gasteiger partial charge in [0, 0.05) is 25.6 Å². The molecule has 0 spiro atoms. The highest BCUT2D eigenvalue weighted by Crippen LogP contribution is 2.05. The van der Waals surface area contributed by atoms with Gasteiger partial charge in [-0.15, -0.1) is 0 Å². The highest BCUT2D eigenvalue weighted by Gasteiger charge is 2.21. The Hall–Kier alpha value is -1.94. The minimum Gasteiger partial charge on any atom is -0.466 e. The van der Waals surface area contributed by atoms with Crippen molar-refractivity contribution in [3.8, 4) is 0 Å². The van der Waals surface area contributed by atoms with Gasteiger partial charge in [0.1, 0.15) is 0 Å². The van der Waals surface area contributed by atoms with Gasteiger partial charge in [-0.1, -0.05) is 43.4 Å². The van der Waals surface area contributed by atoms with E-state index in [2.05, 4.69) is 38.0 Å². The predicted molar refractivity (Wildman–Crippen MR) is 118 cm³/mol. The van der Waals surface area contributed by atoms with Crippen LogP contribution < -0.4 is 10.6 Å². The van der Waals surface area contributed by atoms with Crippen LogP contribution in [0.3, 0.4) is 0 Å². The molecule has 0 radical (unpaired) electrons. The maximum Gasteiger partial charge on any atom is 0.330 e. The number of nitrogens with one attached hydrogen (secondary N) is 2. The number of esters is 1. The fraction of sp³-hybridized carbons (Fsp3) is 0.450. The van der Waals surface area contributed by atoms with Gasteiger partial charge >= 0.3 is 5.97 Å². The van der Waals surface area contributed by atoms with E-state index < -0.39 is 18.0 Å². The molecule has 156 valence electrons. The molecule has 0 aromatic rings. The lowest BCUT2D eigenvalue weighted by Gasteiger charge is -2.18. The lowest BCUT2D eigenvalue weighted by Crippen LogP contribution is -2.42. The number of rotatable bonds is 12. The summed E-state index contributed by atoms with van der Waals surface area (Å²) in [4.78, 5) is 34.5. The zero-order valence-electron chi connectivity index (χ0n) is 16.5. The van der Waals surface area contributed by atoms with Crippen LogP contribution in [0.5, 0.6) is 0 Å². The van der Waals surface area contributed by atoms with Crippen molar-refractivity contribution >= 4 is 40.4 Å². The smallest absolute Gasteiger partial charge is 0.330 e. The van der Waals surface area contributed by atoms with Gasteiger partial charge in [-0.05, 0) is 39.5 Å². The Labute approximate surface area is 180 Å². The van der Waals surface area contributed by atoms with Gasteiger partial charge in [-0.25, -0.2) is 4.79 Å². The Kier molecular flexibility index (Phi) is 14.9. The van der Waals surface area contributed by atoms with E-state index in [1.807, 2.05) is 13.0 Å². The third-order valence-corrected chi connectivity index (χ3v) is 4.02. The zero-order chi connectivity index (χ0) is 21.4. The Morgan fingerprint density at radius 2 is 1.82 bits per heavy atom. The number of hydrogen-bond donors (Lipinski definition) is 3. The third-order valence-electron chi connectivity index (χ3n) is 3.58. The van der Waals surface area contributed by atoms with Crippen LogP contribution >= 0.6 is 22.6 Å². The van der Waals surface area contributed by atoms with Gasteiger partial charge in [0.2, 0.25) is 11.8 Å². The summed E-state index contributed by atoms with van der Waals surface area (Å²) in [6.07, 6.45) is 11.7. The largest absolute Gasteiger partial charge is 0.466 e. The van der Waals surface area contributed by atoms with Crippen molar-refractivity contribution in [1.82, 2.24) is 10.6 Å². The van der Waals surface area contributed by atoms with Gasteiger partial charge in [0.15, 0.2) is 0 Å². The number of carbonyl (C=O) groups is 3. The van der Waals surface area contributed by atoms with Crippen LogP contribution in [0.2, 0.25) is 0 Å². The van der Waals surface area contributed by atoms with Crippen molar-refractivity contribution in [2.75, 3.05) is 20.2 Å². The molecule has 7 nitrogen and oxygen atoms in total.